The zero-order chi connectivity index (χ0) is 12.1. The van der Waals surface area contributed by atoms with E-state index in [1.165, 1.54) is 6.07 Å². The highest BCUT2D eigenvalue weighted by molar-refractivity contribution is 5.44. The molecule has 0 atom stereocenters. The number of phenolic OH excluding ortho intramolecular Hbond substituents is 1. The number of phenols is 1. The van der Waals surface area contributed by atoms with Gasteiger partial charge in [0.2, 0.25) is 0 Å². The number of hydrogen-bond donors (Lipinski definition) is 2. The number of unbranched alkanes of at least 4 members (excludes halogenated alkanes) is 1. The van der Waals surface area contributed by atoms with Crippen LogP contribution in [-0.2, 0) is 6.42 Å². The van der Waals surface area contributed by atoms with E-state index in [9.17, 15) is 13.9 Å². The lowest BCUT2D eigenvalue weighted by molar-refractivity contribution is 0.147. The third-order valence-electron chi connectivity index (χ3n) is 2.50. The van der Waals surface area contributed by atoms with Crippen LogP contribution in [-0.4, -0.2) is 11.7 Å². The van der Waals surface area contributed by atoms with Crippen molar-refractivity contribution in [1.82, 2.24) is 0 Å². The molecule has 2 nitrogen and oxygen atoms in total. The molecule has 0 spiro atoms. The maximum atomic E-state index is 12.6. The number of aromatic hydroxyl groups is 1. The molecule has 1 aromatic rings. The van der Waals surface area contributed by atoms with E-state index in [2.05, 4.69) is 0 Å². The first-order valence-corrected chi connectivity index (χ1v) is 5.37. The molecule has 0 saturated carbocycles. The Morgan fingerprint density at radius 2 is 2.00 bits per heavy atom. The molecule has 3 N–H and O–H groups in total. The lowest BCUT2D eigenvalue weighted by Gasteiger charge is -2.10. The second kappa shape index (κ2) is 5.80. The monoisotopic (exact) mass is 229 g/mol. The standard InChI is InChI=1S/C12H17F2NO/c1-8-6-9(4-2-3-5-15)11(16)10(7-8)12(13)14/h6-7,12,16H,2-5,15H2,1H3. The highest BCUT2D eigenvalue weighted by Crippen LogP contribution is 2.33. The molecule has 4 heteroatoms. The van der Waals surface area contributed by atoms with Crippen molar-refractivity contribution in [2.75, 3.05) is 6.54 Å². The molecule has 0 unspecified atom stereocenters. The second-order valence-corrected chi connectivity index (χ2v) is 3.91. The number of rotatable bonds is 5. The number of aryl methyl sites for hydroxylation is 2. The van der Waals surface area contributed by atoms with Gasteiger partial charge >= 0.3 is 0 Å². The van der Waals surface area contributed by atoms with Gasteiger partial charge in [-0.1, -0.05) is 11.6 Å². The molecule has 0 aromatic heterocycles. The van der Waals surface area contributed by atoms with Crippen LogP contribution in [0.25, 0.3) is 0 Å². The van der Waals surface area contributed by atoms with Gasteiger partial charge in [-0.05, 0) is 44.4 Å². The largest absolute Gasteiger partial charge is 0.507 e. The van der Waals surface area contributed by atoms with Gasteiger partial charge in [-0.25, -0.2) is 8.78 Å². The molecule has 0 bridgehead atoms. The molecule has 0 fully saturated rings. The Morgan fingerprint density at radius 3 is 2.56 bits per heavy atom. The summed E-state index contributed by atoms with van der Waals surface area (Å²) in [5.41, 5.74) is 6.41. The fourth-order valence-corrected chi connectivity index (χ4v) is 1.70. The Hall–Kier alpha value is -1.16. The van der Waals surface area contributed by atoms with Gasteiger partial charge < -0.3 is 10.8 Å². The van der Waals surface area contributed by atoms with Crippen LogP contribution in [0.3, 0.4) is 0 Å². The summed E-state index contributed by atoms with van der Waals surface area (Å²) >= 11 is 0. The number of nitrogens with two attached hydrogens (primary N) is 1. The van der Waals surface area contributed by atoms with Crippen LogP contribution in [0.5, 0.6) is 5.75 Å². The Kier molecular flexibility index (Phi) is 4.68. The minimum absolute atomic E-state index is 0.266. The summed E-state index contributed by atoms with van der Waals surface area (Å²) in [6, 6.07) is 3.07. The zero-order valence-corrected chi connectivity index (χ0v) is 9.34. The molecule has 0 aliphatic rings. The highest BCUT2D eigenvalue weighted by Gasteiger charge is 2.16. The van der Waals surface area contributed by atoms with Crippen LogP contribution < -0.4 is 5.73 Å². The maximum Gasteiger partial charge on any atom is 0.267 e. The van der Waals surface area contributed by atoms with Crippen molar-refractivity contribution in [2.45, 2.75) is 32.6 Å². The van der Waals surface area contributed by atoms with Crippen molar-refractivity contribution in [3.63, 3.8) is 0 Å². The highest BCUT2D eigenvalue weighted by atomic mass is 19.3. The van der Waals surface area contributed by atoms with Crippen LogP contribution in [0.15, 0.2) is 12.1 Å². The lowest BCUT2D eigenvalue weighted by atomic mass is 10.0. The molecule has 1 rings (SSSR count). The average molecular weight is 229 g/mol. The van der Waals surface area contributed by atoms with Crippen molar-refractivity contribution in [3.05, 3.63) is 28.8 Å². The first-order chi connectivity index (χ1) is 7.56. The Bertz CT molecular complexity index is 353. The number of halogens is 2. The summed E-state index contributed by atoms with van der Waals surface area (Å²) in [5.74, 6) is -0.266. The SMILES string of the molecule is Cc1cc(CCCCN)c(O)c(C(F)F)c1. The maximum absolute atomic E-state index is 12.6. The third-order valence-corrected chi connectivity index (χ3v) is 2.50. The average Bonchev–Trinajstić information content (AvgIpc) is 2.22. The second-order valence-electron chi connectivity index (χ2n) is 3.91. The third kappa shape index (κ3) is 3.17. The van der Waals surface area contributed by atoms with Crippen molar-refractivity contribution >= 4 is 0 Å². The van der Waals surface area contributed by atoms with Gasteiger partial charge in [0, 0.05) is 0 Å². The number of benzene rings is 1. The minimum Gasteiger partial charge on any atom is -0.507 e. The van der Waals surface area contributed by atoms with Gasteiger partial charge in [0.15, 0.2) is 0 Å². The van der Waals surface area contributed by atoms with E-state index in [4.69, 9.17) is 5.73 Å². The quantitative estimate of drug-likeness (QED) is 0.762. The van der Waals surface area contributed by atoms with E-state index < -0.39 is 6.43 Å². The van der Waals surface area contributed by atoms with Gasteiger partial charge in [-0.3, -0.25) is 0 Å². The smallest absolute Gasteiger partial charge is 0.267 e. The Balaban J connectivity index is 2.91. The molecule has 0 saturated heterocycles. The van der Waals surface area contributed by atoms with Gasteiger partial charge in [0.05, 0.1) is 5.56 Å². The first kappa shape index (κ1) is 12.9. The summed E-state index contributed by atoms with van der Waals surface area (Å²) in [6.07, 6.45) is -0.411. The van der Waals surface area contributed by atoms with Crippen LogP contribution >= 0.6 is 0 Å². The van der Waals surface area contributed by atoms with Crippen molar-refractivity contribution in [2.24, 2.45) is 5.73 Å². The first-order valence-electron chi connectivity index (χ1n) is 5.37. The minimum atomic E-state index is -2.63. The van der Waals surface area contributed by atoms with E-state index in [1.807, 2.05) is 0 Å². The van der Waals surface area contributed by atoms with E-state index in [0.29, 0.717) is 18.5 Å². The molecule has 16 heavy (non-hydrogen) atoms. The summed E-state index contributed by atoms with van der Waals surface area (Å²) in [7, 11) is 0. The number of alkyl halides is 2. The molecular formula is C12H17F2NO. The predicted molar refractivity (Wildman–Crippen MR) is 59.8 cm³/mol. The molecule has 0 amide bonds. The van der Waals surface area contributed by atoms with Crippen LogP contribution in [0.4, 0.5) is 8.78 Å². The van der Waals surface area contributed by atoms with Crippen LogP contribution in [0.1, 0.15) is 36.0 Å². The van der Waals surface area contributed by atoms with E-state index in [-0.39, 0.29) is 11.3 Å². The molecule has 0 radical (unpaired) electrons. The van der Waals surface area contributed by atoms with Crippen LogP contribution in [0.2, 0.25) is 0 Å². The summed E-state index contributed by atoms with van der Waals surface area (Å²) in [6.45, 7) is 2.33. The zero-order valence-electron chi connectivity index (χ0n) is 9.34. The van der Waals surface area contributed by atoms with Crippen molar-refractivity contribution < 1.29 is 13.9 Å². The Labute approximate surface area is 94.1 Å². The van der Waals surface area contributed by atoms with Gasteiger partial charge in [-0.15, -0.1) is 0 Å². The Morgan fingerprint density at radius 1 is 1.31 bits per heavy atom. The molecule has 1 aromatic carbocycles. The molecular weight excluding hydrogens is 212 g/mol. The summed E-state index contributed by atoms with van der Waals surface area (Å²) in [5, 5.41) is 9.67. The normalized spacial score (nSPS) is 11.1. The molecule has 0 aliphatic carbocycles. The van der Waals surface area contributed by atoms with E-state index in [1.54, 1.807) is 13.0 Å². The van der Waals surface area contributed by atoms with Gasteiger partial charge in [0.1, 0.15) is 5.75 Å². The van der Waals surface area contributed by atoms with Crippen molar-refractivity contribution in [1.29, 1.82) is 0 Å². The van der Waals surface area contributed by atoms with Crippen LogP contribution in [0, 0.1) is 6.92 Å². The van der Waals surface area contributed by atoms with E-state index in [0.717, 1.165) is 18.4 Å². The lowest BCUT2D eigenvalue weighted by Crippen LogP contribution is -2.00. The van der Waals surface area contributed by atoms with E-state index >= 15 is 0 Å². The molecule has 90 valence electrons. The molecule has 0 aliphatic heterocycles. The van der Waals surface area contributed by atoms with Crippen molar-refractivity contribution in [3.8, 4) is 5.75 Å². The van der Waals surface area contributed by atoms with Gasteiger partial charge in [0.25, 0.3) is 6.43 Å². The fraction of sp³-hybridized carbons (Fsp3) is 0.500. The topological polar surface area (TPSA) is 46.2 Å². The fourth-order valence-electron chi connectivity index (χ4n) is 1.70. The summed E-state index contributed by atoms with van der Waals surface area (Å²) < 4.78 is 25.2. The molecule has 0 heterocycles. The predicted octanol–water partition coefficient (Wildman–Crippen LogP) is 2.92. The summed E-state index contributed by atoms with van der Waals surface area (Å²) in [4.78, 5) is 0. The number of hydrogen-bond acceptors (Lipinski definition) is 2. The van der Waals surface area contributed by atoms with Gasteiger partial charge in [-0.2, -0.15) is 0 Å².